The highest BCUT2D eigenvalue weighted by Gasteiger charge is 2.19. The van der Waals surface area contributed by atoms with E-state index in [9.17, 15) is 0 Å². The minimum atomic E-state index is 0.527. The first-order valence-electron chi connectivity index (χ1n) is 7.88. The van der Waals surface area contributed by atoms with Crippen molar-refractivity contribution in [1.29, 1.82) is 0 Å². The van der Waals surface area contributed by atoms with Gasteiger partial charge in [-0.05, 0) is 60.5 Å². The van der Waals surface area contributed by atoms with Gasteiger partial charge < -0.3 is 10.1 Å². The molecule has 1 N–H and O–H groups in total. The number of fused-ring (bicyclic) bond motifs is 1. The summed E-state index contributed by atoms with van der Waals surface area (Å²) in [6.45, 7) is 3.97. The molecule has 112 valence electrons. The molecule has 1 aromatic carbocycles. The standard InChI is InChI=1S/C18H23NOS/c1-2-19-18-7-3-5-14-13-15(8-9-17(14)18)20-11-10-16-6-4-12-21-16/h4,6,8-9,12-13,18-19H,2-3,5,7,10-11H2,1H3. The van der Waals surface area contributed by atoms with E-state index in [0.717, 1.165) is 25.3 Å². The lowest BCUT2D eigenvalue weighted by molar-refractivity contribution is 0.322. The van der Waals surface area contributed by atoms with Crippen molar-refractivity contribution >= 4 is 11.3 Å². The number of rotatable bonds is 6. The lowest BCUT2D eigenvalue weighted by Gasteiger charge is -2.26. The van der Waals surface area contributed by atoms with E-state index in [-0.39, 0.29) is 0 Å². The van der Waals surface area contributed by atoms with Gasteiger partial charge in [0.1, 0.15) is 5.75 Å². The molecule has 1 aliphatic rings. The fourth-order valence-electron chi connectivity index (χ4n) is 3.06. The summed E-state index contributed by atoms with van der Waals surface area (Å²) >= 11 is 1.80. The number of thiophene rings is 1. The fraction of sp³-hybridized carbons (Fsp3) is 0.444. The molecular weight excluding hydrogens is 278 g/mol. The van der Waals surface area contributed by atoms with Gasteiger partial charge in [-0.15, -0.1) is 11.3 Å². The Morgan fingerprint density at radius 3 is 3.10 bits per heavy atom. The van der Waals surface area contributed by atoms with Gasteiger partial charge in [0.05, 0.1) is 6.61 Å². The lowest BCUT2D eigenvalue weighted by Crippen LogP contribution is -2.24. The van der Waals surface area contributed by atoms with E-state index in [1.165, 1.54) is 35.3 Å². The number of hydrogen-bond acceptors (Lipinski definition) is 3. The predicted molar refractivity (Wildman–Crippen MR) is 89.3 cm³/mol. The van der Waals surface area contributed by atoms with Crippen molar-refractivity contribution in [3.05, 3.63) is 51.7 Å². The number of nitrogens with one attached hydrogen (secondary N) is 1. The highest BCUT2D eigenvalue weighted by atomic mass is 32.1. The minimum Gasteiger partial charge on any atom is -0.493 e. The van der Waals surface area contributed by atoms with Gasteiger partial charge in [0.25, 0.3) is 0 Å². The van der Waals surface area contributed by atoms with Crippen LogP contribution in [0.2, 0.25) is 0 Å². The first-order chi connectivity index (χ1) is 10.4. The topological polar surface area (TPSA) is 21.3 Å². The van der Waals surface area contributed by atoms with Crippen LogP contribution in [0.4, 0.5) is 0 Å². The first kappa shape index (κ1) is 14.6. The van der Waals surface area contributed by atoms with Crippen molar-refractivity contribution in [3.63, 3.8) is 0 Å². The molecule has 1 heterocycles. The van der Waals surface area contributed by atoms with Crippen molar-refractivity contribution in [1.82, 2.24) is 5.32 Å². The summed E-state index contributed by atoms with van der Waals surface area (Å²) in [4.78, 5) is 1.39. The zero-order chi connectivity index (χ0) is 14.5. The summed E-state index contributed by atoms with van der Waals surface area (Å²) in [6.07, 6.45) is 4.69. The molecule has 1 atom stereocenters. The van der Waals surface area contributed by atoms with Gasteiger partial charge in [-0.1, -0.05) is 19.1 Å². The molecule has 0 radical (unpaired) electrons. The van der Waals surface area contributed by atoms with E-state index in [0.29, 0.717) is 6.04 Å². The summed E-state index contributed by atoms with van der Waals surface area (Å²) in [5, 5.41) is 5.70. The Kier molecular flexibility index (Phi) is 4.94. The molecule has 21 heavy (non-hydrogen) atoms. The summed E-state index contributed by atoms with van der Waals surface area (Å²) < 4.78 is 5.93. The van der Waals surface area contributed by atoms with E-state index in [1.807, 2.05) is 0 Å². The molecule has 2 aromatic rings. The molecule has 2 nitrogen and oxygen atoms in total. The van der Waals surface area contributed by atoms with E-state index in [4.69, 9.17) is 4.74 Å². The Morgan fingerprint density at radius 1 is 1.33 bits per heavy atom. The summed E-state index contributed by atoms with van der Waals surface area (Å²) in [7, 11) is 0. The van der Waals surface area contributed by atoms with Gasteiger partial charge in [0, 0.05) is 17.3 Å². The minimum absolute atomic E-state index is 0.527. The Hall–Kier alpha value is -1.32. The maximum Gasteiger partial charge on any atom is 0.119 e. The highest BCUT2D eigenvalue weighted by molar-refractivity contribution is 7.09. The third-order valence-electron chi connectivity index (χ3n) is 4.08. The molecule has 0 spiro atoms. The van der Waals surface area contributed by atoms with Gasteiger partial charge in [0.15, 0.2) is 0 Å². The van der Waals surface area contributed by atoms with Crippen molar-refractivity contribution < 1.29 is 4.74 Å². The Bertz CT molecular complexity index is 565. The molecule has 1 unspecified atom stereocenters. The fourth-order valence-corrected chi connectivity index (χ4v) is 3.75. The van der Waals surface area contributed by atoms with Gasteiger partial charge in [-0.3, -0.25) is 0 Å². The average Bonchev–Trinajstić information content (AvgIpc) is 3.01. The highest BCUT2D eigenvalue weighted by Crippen LogP contribution is 2.32. The van der Waals surface area contributed by atoms with Gasteiger partial charge in [0.2, 0.25) is 0 Å². The summed E-state index contributed by atoms with van der Waals surface area (Å²) in [6, 6.07) is 11.4. The van der Waals surface area contributed by atoms with Crippen LogP contribution in [0.1, 0.15) is 41.8 Å². The van der Waals surface area contributed by atoms with Crippen LogP contribution in [-0.4, -0.2) is 13.2 Å². The molecule has 0 saturated heterocycles. The second kappa shape index (κ2) is 7.10. The normalized spacial score (nSPS) is 17.5. The molecule has 3 heteroatoms. The van der Waals surface area contributed by atoms with Crippen molar-refractivity contribution in [2.45, 2.75) is 38.6 Å². The third-order valence-corrected chi connectivity index (χ3v) is 5.01. The molecule has 0 saturated carbocycles. The smallest absolute Gasteiger partial charge is 0.119 e. The Morgan fingerprint density at radius 2 is 2.29 bits per heavy atom. The van der Waals surface area contributed by atoms with Gasteiger partial charge in [-0.2, -0.15) is 0 Å². The SMILES string of the molecule is CCNC1CCCc2cc(OCCc3cccs3)ccc21. The molecule has 0 fully saturated rings. The molecule has 3 rings (SSSR count). The number of hydrogen-bond donors (Lipinski definition) is 1. The predicted octanol–water partition coefficient (Wildman–Crippen LogP) is 4.36. The average molecular weight is 301 g/mol. The monoisotopic (exact) mass is 301 g/mol. The van der Waals surface area contributed by atoms with Crippen LogP contribution in [0.5, 0.6) is 5.75 Å². The van der Waals surface area contributed by atoms with Crippen molar-refractivity contribution in [3.8, 4) is 5.75 Å². The number of aryl methyl sites for hydroxylation is 1. The number of ether oxygens (including phenoxy) is 1. The first-order valence-corrected chi connectivity index (χ1v) is 8.76. The molecule has 0 bridgehead atoms. The Labute approximate surface area is 131 Å². The van der Waals surface area contributed by atoms with Crippen LogP contribution in [0.15, 0.2) is 35.7 Å². The molecule has 0 amide bonds. The number of benzene rings is 1. The zero-order valence-electron chi connectivity index (χ0n) is 12.6. The van der Waals surface area contributed by atoms with E-state index in [1.54, 1.807) is 11.3 Å². The Balaban J connectivity index is 1.62. The van der Waals surface area contributed by atoms with Crippen LogP contribution in [0, 0.1) is 0 Å². The van der Waals surface area contributed by atoms with Crippen LogP contribution < -0.4 is 10.1 Å². The largest absolute Gasteiger partial charge is 0.493 e. The van der Waals surface area contributed by atoms with Crippen LogP contribution in [-0.2, 0) is 12.8 Å². The maximum atomic E-state index is 5.93. The van der Waals surface area contributed by atoms with Crippen LogP contribution >= 0.6 is 11.3 Å². The van der Waals surface area contributed by atoms with Crippen LogP contribution in [0.3, 0.4) is 0 Å². The molecule has 1 aliphatic carbocycles. The van der Waals surface area contributed by atoms with Gasteiger partial charge in [-0.25, -0.2) is 0 Å². The summed E-state index contributed by atoms with van der Waals surface area (Å²) in [5.74, 6) is 1.02. The van der Waals surface area contributed by atoms with Crippen molar-refractivity contribution in [2.75, 3.05) is 13.2 Å². The van der Waals surface area contributed by atoms with E-state index < -0.39 is 0 Å². The zero-order valence-corrected chi connectivity index (χ0v) is 13.4. The second-order valence-electron chi connectivity index (χ2n) is 5.54. The summed E-state index contributed by atoms with van der Waals surface area (Å²) in [5.41, 5.74) is 2.93. The molecule has 0 aliphatic heterocycles. The van der Waals surface area contributed by atoms with E-state index >= 15 is 0 Å². The maximum absolute atomic E-state index is 5.93. The van der Waals surface area contributed by atoms with Crippen molar-refractivity contribution in [2.24, 2.45) is 0 Å². The van der Waals surface area contributed by atoms with E-state index in [2.05, 4.69) is 48.0 Å². The quantitative estimate of drug-likeness (QED) is 0.856. The molecule has 1 aromatic heterocycles. The van der Waals surface area contributed by atoms with Gasteiger partial charge >= 0.3 is 0 Å². The third kappa shape index (κ3) is 3.66. The lowest BCUT2D eigenvalue weighted by atomic mass is 9.87. The molecular formula is C18H23NOS. The van der Waals surface area contributed by atoms with Crippen LogP contribution in [0.25, 0.3) is 0 Å². The second-order valence-corrected chi connectivity index (χ2v) is 6.57.